The van der Waals surface area contributed by atoms with Crippen LogP contribution in [0.5, 0.6) is 0 Å². The Morgan fingerprint density at radius 3 is 2.61 bits per heavy atom. The molecule has 1 aliphatic heterocycles. The lowest BCUT2D eigenvalue weighted by Crippen LogP contribution is -2.46. The molecule has 0 spiro atoms. The van der Waals surface area contributed by atoms with E-state index in [1.807, 2.05) is 41.9 Å². The number of β-amino-alcohol motifs (C(OH)–C–C–N with tert-alkyl or cyclic N) is 1. The van der Waals surface area contributed by atoms with Crippen LogP contribution in [-0.2, 0) is 11.3 Å². The van der Waals surface area contributed by atoms with Crippen molar-refractivity contribution in [3.8, 4) is 11.3 Å². The molecule has 9 nitrogen and oxygen atoms in total. The van der Waals surface area contributed by atoms with E-state index in [2.05, 4.69) is 10.4 Å². The highest BCUT2D eigenvalue weighted by Crippen LogP contribution is 2.23. The number of nitrogens with zero attached hydrogens (tertiary/aromatic N) is 3. The zero-order valence-corrected chi connectivity index (χ0v) is 15.5. The molecule has 150 valence electrons. The number of aromatic nitrogens is 2. The number of benzene rings is 1. The van der Waals surface area contributed by atoms with Crippen LogP contribution in [0.3, 0.4) is 0 Å². The first kappa shape index (κ1) is 19.8. The molecule has 3 rings (SSSR count). The largest absolute Gasteiger partial charge is 0.465 e. The number of likely N-dealkylation sites (tertiary alicyclic amines) is 1. The Hall–Kier alpha value is -2.91. The highest BCUT2D eigenvalue weighted by atomic mass is 16.4. The molecule has 1 aromatic carbocycles. The fourth-order valence-electron chi connectivity index (χ4n) is 3.49. The van der Waals surface area contributed by atoms with E-state index in [4.69, 9.17) is 0 Å². The summed E-state index contributed by atoms with van der Waals surface area (Å²) < 4.78 is 1.87. The van der Waals surface area contributed by atoms with Gasteiger partial charge in [0.25, 0.3) is 0 Å². The van der Waals surface area contributed by atoms with Crippen LogP contribution in [0.25, 0.3) is 11.3 Å². The van der Waals surface area contributed by atoms with Gasteiger partial charge in [-0.05, 0) is 24.1 Å². The minimum Gasteiger partial charge on any atom is -0.465 e. The van der Waals surface area contributed by atoms with Gasteiger partial charge in [0, 0.05) is 19.2 Å². The number of rotatable bonds is 6. The van der Waals surface area contributed by atoms with Gasteiger partial charge in [-0.25, -0.2) is 4.79 Å². The molecule has 2 amide bonds. The summed E-state index contributed by atoms with van der Waals surface area (Å²) in [5, 5.41) is 35.6. The van der Waals surface area contributed by atoms with Crippen molar-refractivity contribution in [2.75, 3.05) is 13.2 Å². The van der Waals surface area contributed by atoms with Crippen LogP contribution in [0.4, 0.5) is 4.79 Å². The van der Waals surface area contributed by atoms with Crippen LogP contribution >= 0.6 is 0 Å². The summed E-state index contributed by atoms with van der Waals surface area (Å²) in [6.07, 6.45) is -0.361. The van der Waals surface area contributed by atoms with E-state index in [1.54, 1.807) is 6.20 Å². The van der Waals surface area contributed by atoms with Gasteiger partial charge >= 0.3 is 6.09 Å². The molecular weight excluding hydrogens is 364 g/mol. The number of aliphatic hydroxyl groups excluding tert-OH is 2. The van der Waals surface area contributed by atoms with Crippen molar-refractivity contribution in [3.63, 3.8) is 0 Å². The van der Waals surface area contributed by atoms with E-state index in [9.17, 15) is 24.9 Å². The molecule has 4 N–H and O–H groups in total. The van der Waals surface area contributed by atoms with Crippen molar-refractivity contribution < 1.29 is 24.9 Å². The Bertz CT molecular complexity index is 835. The number of hydrogen-bond acceptors (Lipinski definition) is 5. The first-order valence-corrected chi connectivity index (χ1v) is 9.15. The topological polar surface area (TPSA) is 128 Å². The molecule has 28 heavy (non-hydrogen) atoms. The van der Waals surface area contributed by atoms with Gasteiger partial charge in [0.15, 0.2) is 0 Å². The van der Waals surface area contributed by atoms with Gasteiger partial charge < -0.3 is 20.6 Å². The van der Waals surface area contributed by atoms with E-state index in [-0.39, 0.29) is 19.6 Å². The van der Waals surface area contributed by atoms with Gasteiger partial charge in [-0.15, -0.1) is 0 Å². The molecule has 0 saturated carbocycles. The fraction of sp³-hybridized carbons (Fsp3) is 0.421. The molecule has 3 atom stereocenters. The number of aryl methyl sites for hydroxylation is 1. The fourth-order valence-corrected chi connectivity index (χ4v) is 3.49. The molecule has 1 saturated heterocycles. The standard InChI is InChI=1S/C19H24N4O5/c1-2-23-16(7-8-20-23)13-5-3-12(4-6-13)15(11-24)21-18(26)17-9-14(25)10-22(17)19(27)28/h3-8,14-15,17,24-25H,2,9-11H2,1H3,(H,21,26)(H,27,28)/t14-,15?,17+/m1/s1. The summed E-state index contributed by atoms with van der Waals surface area (Å²) in [5.41, 5.74) is 2.63. The number of hydrogen-bond donors (Lipinski definition) is 4. The maximum Gasteiger partial charge on any atom is 0.408 e. The molecule has 0 aliphatic carbocycles. The number of carbonyl (C=O) groups excluding carboxylic acids is 1. The van der Waals surface area contributed by atoms with Crippen molar-refractivity contribution in [3.05, 3.63) is 42.1 Å². The van der Waals surface area contributed by atoms with Gasteiger partial charge in [-0.2, -0.15) is 5.10 Å². The summed E-state index contributed by atoms with van der Waals surface area (Å²) in [6, 6.07) is 7.65. The van der Waals surface area contributed by atoms with Crippen LogP contribution in [0, 0.1) is 0 Å². The third-order valence-corrected chi connectivity index (χ3v) is 4.95. The van der Waals surface area contributed by atoms with Crippen LogP contribution in [0.2, 0.25) is 0 Å². The van der Waals surface area contributed by atoms with Gasteiger partial charge in [-0.3, -0.25) is 14.4 Å². The van der Waals surface area contributed by atoms with Crippen LogP contribution in [0.15, 0.2) is 36.5 Å². The lowest BCUT2D eigenvalue weighted by Gasteiger charge is -2.24. The molecule has 2 heterocycles. The van der Waals surface area contributed by atoms with Gasteiger partial charge in [0.2, 0.25) is 5.91 Å². The first-order chi connectivity index (χ1) is 13.4. The second-order valence-corrected chi connectivity index (χ2v) is 6.74. The Labute approximate surface area is 162 Å². The number of amides is 2. The second-order valence-electron chi connectivity index (χ2n) is 6.74. The normalized spacial score (nSPS) is 20.2. The van der Waals surface area contributed by atoms with Gasteiger partial charge in [0.05, 0.1) is 31.0 Å². The lowest BCUT2D eigenvalue weighted by atomic mass is 10.0. The third kappa shape index (κ3) is 4.00. The lowest BCUT2D eigenvalue weighted by molar-refractivity contribution is -0.126. The van der Waals surface area contributed by atoms with Crippen molar-refractivity contribution in [2.45, 2.75) is 38.1 Å². The van der Waals surface area contributed by atoms with E-state index in [0.717, 1.165) is 22.7 Å². The van der Waals surface area contributed by atoms with Crippen LogP contribution in [0.1, 0.15) is 24.9 Å². The molecule has 9 heteroatoms. The Balaban J connectivity index is 1.73. The van der Waals surface area contributed by atoms with Crippen molar-refractivity contribution >= 4 is 12.0 Å². The van der Waals surface area contributed by atoms with Crippen molar-refractivity contribution in [2.24, 2.45) is 0 Å². The number of carbonyl (C=O) groups is 2. The molecule has 0 bridgehead atoms. The zero-order chi connectivity index (χ0) is 20.3. The predicted octanol–water partition coefficient (Wildman–Crippen LogP) is 0.833. The van der Waals surface area contributed by atoms with Gasteiger partial charge in [-0.1, -0.05) is 24.3 Å². The van der Waals surface area contributed by atoms with E-state index >= 15 is 0 Å². The average molecular weight is 388 g/mol. The SMILES string of the molecule is CCn1nccc1-c1ccc(C(CO)NC(=O)[C@@H]2C[C@@H](O)CN2C(=O)O)cc1. The molecule has 2 aromatic rings. The van der Waals surface area contributed by atoms with Gasteiger partial charge in [0.1, 0.15) is 6.04 Å². The zero-order valence-electron chi connectivity index (χ0n) is 15.5. The molecule has 1 aromatic heterocycles. The first-order valence-electron chi connectivity index (χ1n) is 9.15. The van der Waals surface area contributed by atoms with Crippen molar-refractivity contribution in [1.29, 1.82) is 0 Å². The quantitative estimate of drug-likeness (QED) is 0.580. The monoisotopic (exact) mass is 388 g/mol. The maximum atomic E-state index is 12.5. The average Bonchev–Trinajstić information content (AvgIpc) is 3.32. The third-order valence-electron chi connectivity index (χ3n) is 4.95. The van der Waals surface area contributed by atoms with Crippen LogP contribution in [-0.4, -0.2) is 67.3 Å². The van der Waals surface area contributed by atoms with E-state index in [0.29, 0.717) is 5.56 Å². The Morgan fingerprint density at radius 1 is 1.29 bits per heavy atom. The highest BCUT2D eigenvalue weighted by Gasteiger charge is 2.39. The number of carboxylic acid groups (broad SMARTS) is 1. The number of aliphatic hydroxyl groups is 2. The Morgan fingerprint density at radius 2 is 2.00 bits per heavy atom. The second kappa shape index (κ2) is 8.41. The summed E-state index contributed by atoms with van der Waals surface area (Å²) in [7, 11) is 0. The van der Waals surface area contributed by atoms with Crippen molar-refractivity contribution in [1.82, 2.24) is 20.0 Å². The summed E-state index contributed by atoms with van der Waals surface area (Å²) in [6.45, 7) is 2.31. The Kier molecular flexibility index (Phi) is 5.96. The molecule has 1 fully saturated rings. The van der Waals surface area contributed by atoms with E-state index < -0.39 is 30.2 Å². The number of nitrogens with one attached hydrogen (secondary N) is 1. The predicted molar refractivity (Wildman–Crippen MR) is 100 cm³/mol. The maximum absolute atomic E-state index is 12.5. The summed E-state index contributed by atoms with van der Waals surface area (Å²) in [5.74, 6) is -0.536. The minimum absolute atomic E-state index is 0.0379. The molecule has 0 radical (unpaired) electrons. The van der Waals surface area contributed by atoms with E-state index in [1.165, 1.54) is 0 Å². The molecular formula is C19H24N4O5. The minimum atomic E-state index is -1.26. The highest BCUT2D eigenvalue weighted by molar-refractivity contribution is 5.86. The summed E-state index contributed by atoms with van der Waals surface area (Å²) >= 11 is 0. The summed E-state index contributed by atoms with van der Waals surface area (Å²) in [4.78, 5) is 24.7. The van der Waals surface area contributed by atoms with Crippen LogP contribution < -0.4 is 5.32 Å². The smallest absolute Gasteiger partial charge is 0.408 e. The molecule has 1 aliphatic rings. The molecule has 1 unspecified atom stereocenters.